The number of nitrogens with one attached hydrogen (secondary N) is 3. The van der Waals surface area contributed by atoms with Gasteiger partial charge in [-0.05, 0) is 55.0 Å². The first kappa shape index (κ1) is 33.2. The fraction of sp³-hybridized carbons (Fsp3) is 0.323. The molecule has 2 aromatic carbocycles. The summed E-state index contributed by atoms with van der Waals surface area (Å²) in [5, 5.41) is 25.6. The van der Waals surface area contributed by atoms with Gasteiger partial charge < -0.3 is 16.0 Å². The van der Waals surface area contributed by atoms with E-state index in [2.05, 4.69) is 36.3 Å². The van der Waals surface area contributed by atoms with Crippen LogP contribution in [0.3, 0.4) is 0 Å². The van der Waals surface area contributed by atoms with Crippen molar-refractivity contribution in [3.63, 3.8) is 0 Å². The summed E-state index contributed by atoms with van der Waals surface area (Å²) < 4.78 is 37.3. The van der Waals surface area contributed by atoms with Crippen LogP contribution in [0.2, 0.25) is 0 Å². The van der Waals surface area contributed by atoms with Gasteiger partial charge in [0.1, 0.15) is 11.4 Å². The zero-order chi connectivity index (χ0) is 32.2. The third-order valence-electron chi connectivity index (χ3n) is 6.54. The number of unbranched alkanes of at least 4 members (excludes halogenated alkanes) is 1. The minimum absolute atomic E-state index is 0.00449. The molecule has 0 radical (unpaired) electrons. The minimum Gasteiger partial charge on any atom is -0.349 e. The van der Waals surface area contributed by atoms with Crippen LogP contribution in [0.4, 0.5) is 24.1 Å². The smallest absolute Gasteiger partial charge is 0.349 e. The number of halogens is 3. The van der Waals surface area contributed by atoms with Gasteiger partial charge in [-0.1, -0.05) is 65.9 Å². The van der Waals surface area contributed by atoms with Gasteiger partial charge in [0.05, 0.1) is 24.6 Å². The Morgan fingerprint density at radius 2 is 1.49 bits per heavy atom. The lowest BCUT2D eigenvalue weighted by Crippen LogP contribution is -2.30. The van der Waals surface area contributed by atoms with E-state index in [0.717, 1.165) is 29.1 Å². The summed E-state index contributed by atoms with van der Waals surface area (Å²) in [6.45, 7) is 1.58. The first-order chi connectivity index (χ1) is 21.5. The molecular weight excluding hydrogens is 607 g/mol. The molecule has 4 aromatic rings. The zero-order valence-corrected chi connectivity index (χ0v) is 25.3. The molecule has 236 valence electrons. The molecule has 0 fully saturated rings. The maximum absolute atomic E-state index is 12.6. The molecule has 45 heavy (non-hydrogen) atoms. The Balaban J connectivity index is 1.16. The molecule has 2 aromatic heterocycles. The van der Waals surface area contributed by atoms with Crippen molar-refractivity contribution in [1.82, 2.24) is 25.7 Å². The number of carbonyl (C=O) groups excluding carboxylic acids is 3. The molecule has 10 nitrogen and oxygen atoms in total. The van der Waals surface area contributed by atoms with Gasteiger partial charge in [-0.25, -0.2) is 0 Å². The molecule has 2 heterocycles. The van der Waals surface area contributed by atoms with Crippen molar-refractivity contribution in [3.05, 3.63) is 94.1 Å². The SMILES string of the molecule is CC(NC(=O)CC(F)(F)F)c1cccc(CC(=O)Nc2ccc(CCCCc3nnc(NC(=O)Cc4ccccc4)s3)nn2)c1. The van der Waals surface area contributed by atoms with Crippen molar-refractivity contribution in [1.29, 1.82) is 0 Å². The van der Waals surface area contributed by atoms with Gasteiger partial charge in [-0.3, -0.25) is 14.4 Å². The molecule has 3 amide bonds. The lowest BCUT2D eigenvalue weighted by Gasteiger charge is -2.16. The van der Waals surface area contributed by atoms with Gasteiger partial charge in [0.15, 0.2) is 5.82 Å². The molecule has 0 bridgehead atoms. The summed E-state index contributed by atoms with van der Waals surface area (Å²) in [7, 11) is 0. The predicted molar refractivity (Wildman–Crippen MR) is 163 cm³/mol. The second kappa shape index (κ2) is 15.8. The number of nitrogens with zero attached hydrogens (tertiary/aromatic N) is 4. The van der Waals surface area contributed by atoms with E-state index in [1.54, 1.807) is 43.3 Å². The topological polar surface area (TPSA) is 139 Å². The summed E-state index contributed by atoms with van der Waals surface area (Å²) in [6, 6.07) is 19.0. The Hall–Kier alpha value is -4.72. The zero-order valence-electron chi connectivity index (χ0n) is 24.4. The van der Waals surface area contributed by atoms with Crippen molar-refractivity contribution < 1.29 is 27.6 Å². The van der Waals surface area contributed by atoms with Crippen molar-refractivity contribution >= 4 is 40.0 Å². The highest BCUT2D eigenvalue weighted by Crippen LogP contribution is 2.21. The first-order valence-corrected chi connectivity index (χ1v) is 15.1. The molecule has 4 rings (SSSR count). The molecule has 0 saturated carbocycles. The van der Waals surface area contributed by atoms with E-state index in [-0.39, 0.29) is 24.7 Å². The van der Waals surface area contributed by atoms with Crippen LogP contribution in [0, 0.1) is 0 Å². The number of hydrogen-bond acceptors (Lipinski definition) is 8. The summed E-state index contributed by atoms with van der Waals surface area (Å²) in [5.74, 6) is -1.30. The standard InChI is InChI=1S/C31H32F3N7O3S/c1-20(35-28(44)19-31(32,33)34)23-11-7-10-22(16-23)18-26(42)36-25-15-14-24(38-39-25)12-5-6-13-29-40-41-30(45-29)37-27(43)17-21-8-3-2-4-9-21/h2-4,7-11,14-16,20H,5-6,12-13,17-19H2,1H3,(H,35,44)(H,36,39,42)(H,37,41,43). The normalized spacial score (nSPS) is 11.9. The van der Waals surface area contributed by atoms with Crippen LogP contribution in [0.25, 0.3) is 0 Å². The summed E-state index contributed by atoms with van der Waals surface area (Å²) in [5.41, 5.74) is 2.90. The monoisotopic (exact) mass is 639 g/mol. The lowest BCUT2D eigenvalue weighted by atomic mass is 10.0. The van der Waals surface area contributed by atoms with E-state index in [1.807, 2.05) is 30.3 Å². The molecule has 0 aliphatic heterocycles. The number of hydrogen-bond donors (Lipinski definition) is 3. The third kappa shape index (κ3) is 11.7. The minimum atomic E-state index is -4.58. The summed E-state index contributed by atoms with van der Waals surface area (Å²) in [4.78, 5) is 36.4. The van der Waals surface area contributed by atoms with Crippen LogP contribution >= 0.6 is 11.3 Å². The van der Waals surface area contributed by atoms with Crippen LogP contribution < -0.4 is 16.0 Å². The van der Waals surface area contributed by atoms with Crippen LogP contribution in [0.1, 0.15) is 59.6 Å². The number of aryl methyl sites for hydroxylation is 2. The molecular formula is C31H32F3N7O3S. The summed E-state index contributed by atoms with van der Waals surface area (Å²) in [6.07, 6.45) is -2.78. The quantitative estimate of drug-likeness (QED) is 0.157. The van der Waals surface area contributed by atoms with Crippen LogP contribution in [-0.2, 0) is 40.1 Å². The number of aromatic nitrogens is 4. The van der Waals surface area contributed by atoms with Gasteiger partial charge in [0, 0.05) is 6.42 Å². The maximum atomic E-state index is 12.6. The second-order valence-corrected chi connectivity index (χ2v) is 11.4. The number of rotatable bonds is 14. The highest BCUT2D eigenvalue weighted by atomic mass is 32.1. The van der Waals surface area contributed by atoms with Crippen molar-refractivity contribution in [2.24, 2.45) is 0 Å². The molecule has 0 spiro atoms. The molecule has 0 aliphatic carbocycles. The Labute approximate surface area is 261 Å². The van der Waals surface area contributed by atoms with Gasteiger partial charge in [-0.15, -0.1) is 15.3 Å². The van der Waals surface area contributed by atoms with Gasteiger partial charge in [0.2, 0.25) is 22.9 Å². The van der Waals surface area contributed by atoms with E-state index in [9.17, 15) is 27.6 Å². The van der Waals surface area contributed by atoms with E-state index < -0.39 is 24.5 Å². The highest BCUT2D eigenvalue weighted by Gasteiger charge is 2.31. The van der Waals surface area contributed by atoms with E-state index in [1.165, 1.54) is 11.3 Å². The molecule has 1 atom stereocenters. The second-order valence-electron chi connectivity index (χ2n) is 10.4. The molecule has 14 heteroatoms. The Morgan fingerprint density at radius 1 is 0.778 bits per heavy atom. The fourth-order valence-corrected chi connectivity index (χ4v) is 5.19. The number of anilines is 2. The predicted octanol–water partition coefficient (Wildman–Crippen LogP) is 5.39. The molecule has 1 unspecified atom stereocenters. The Morgan fingerprint density at radius 3 is 2.22 bits per heavy atom. The molecule has 3 N–H and O–H groups in total. The van der Waals surface area contributed by atoms with Crippen LogP contribution in [0.15, 0.2) is 66.7 Å². The third-order valence-corrected chi connectivity index (χ3v) is 7.43. The summed E-state index contributed by atoms with van der Waals surface area (Å²) >= 11 is 1.36. The molecule has 0 aliphatic rings. The van der Waals surface area contributed by atoms with E-state index in [4.69, 9.17) is 0 Å². The van der Waals surface area contributed by atoms with Gasteiger partial charge in [0.25, 0.3) is 0 Å². The van der Waals surface area contributed by atoms with Crippen molar-refractivity contribution in [3.8, 4) is 0 Å². The number of benzene rings is 2. The van der Waals surface area contributed by atoms with Crippen molar-refractivity contribution in [2.45, 2.75) is 64.1 Å². The fourth-order valence-electron chi connectivity index (χ4n) is 4.39. The average Bonchev–Trinajstić information content (AvgIpc) is 3.42. The Bertz CT molecular complexity index is 1580. The molecule has 0 saturated heterocycles. The van der Waals surface area contributed by atoms with E-state index in [0.29, 0.717) is 34.9 Å². The number of carbonyl (C=O) groups is 3. The van der Waals surface area contributed by atoms with Gasteiger partial charge >= 0.3 is 6.18 Å². The maximum Gasteiger partial charge on any atom is 0.397 e. The van der Waals surface area contributed by atoms with Gasteiger partial charge in [-0.2, -0.15) is 18.3 Å². The largest absolute Gasteiger partial charge is 0.397 e. The number of amides is 3. The lowest BCUT2D eigenvalue weighted by molar-refractivity contribution is -0.154. The van der Waals surface area contributed by atoms with Crippen LogP contribution in [-0.4, -0.2) is 44.3 Å². The average molecular weight is 640 g/mol. The first-order valence-electron chi connectivity index (χ1n) is 14.3. The highest BCUT2D eigenvalue weighted by molar-refractivity contribution is 7.15. The number of alkyl halides is 3. The van der Waals surface area contributed by atoms with Crippen molar-refractivity contribution in [2.75, 3.05) is 10.6 Å². The van der Waals surface area contributed by atoms with Crippen LogP contribution in [0.5, 0.6) is 0 Å². The van der Waals surface area contributed by atoms with E-state index >= 15 is 0 Å². The Kier molecular flexibility index (Phi) is 11.7.